The number of hydrogen-bond donors (Lipinski definition) is 0. The molecule has 3 fully saturated rings. The quantitative estimate of drug-likeness (QED) is 0.672. The van der Waals surface area contributed by atoms with Gasteiger partial charge in [-0.25, -0.2) is 0 Å². The lowest BCUT2D eigenvalue weighted by Crippen LogP contribution is -1.93. The van der Waals surface area contributed by atoms with Crippen molar-refractivity contribution < 1.29 is 0 Å². The van der Waals surface area contributed by atoms with Crippen LogP contribution in [0.3, 0.4) is 0 Å². The first-order valence-corrected chi connectivity index (χ1v) is 8.23. The zero-order valence-electron chi connectivity index (χ0n) is 8.46. The Labute approximate surface area is 103 Å². The van der Waals surface area contributed by atoms with Gasteiger partial charge in [-0.15, -0.1) is 0 Å². The lowest BCUT2D eigenvalue weighted by Gasteiger charge is -2.04. The van der Waals surface area contributed by atoms with Crippen LogP contribution in [0.2, 0.25) is 0 Å². The molecule has 0 aromatic carbocycles. The van der Waals surface area contributed by atoms with Crippen LogP contribution in [-0.2, 0) is 0 Å². The highest BCUT2D eigenvalue weighted by atomic mass is 79.9. The van der Waals surface area contributed by atoms with Crippen LogP contribution in [0.25, 0.3) is 0 Å². The molecule has 0 aromatic rings. The Morgan fingerprint density at radius 1 is 0.643 bits per heavy atom. The van der Waals surface area contributed by atoms with Crippen molar-refractivity contribution in [1.82, 2.24) is 0 Å². The molecule has 0 heterocycles. The molecule has 3 aliphatic rings. The third-order valence-corrected chi connectivity index (χ3v) is 6.54. The zero-order chi connectivity index (χ0) is 9.71. The van der Waals surface area contributed by atoms with E-state index in [0.29, 0.717) is 0 Å². The number of alkyl halides is 2. The van der Waals surface area contributed by atoms with Gasteiger partial charge in [-0.05, 0) is 61.2 Å². The molecule has 3 aliphatic carbocycles. The summed E-state index contributed by atoms with van der Waals surface area (Å²) in [4.78, 5) is 0. The van der Waals surface area contributed by atoms with Crippen molar-refractivity contribution in [2.75, 3.05) is 10.7 Å². The van der Waals surface area contributed by atoms with Crippen molar-refractivity contribution in [3.8, 4) is 0 Å². The molecular weight excluding hydrogens is 304 g/mol. The van der Waals surface area contributed by atoms with Crippen molar-refractivity contribution in [3.05, 3.63) is 0 Å². The molecule has 3 saturated carbocycles. The molecule has 6 atom stereocenters. The highest BCUT2D eigenvalue weighted by Crippen LogP contribution is 2.62. The van der Waals surface area contributed by atoms with Crippen LogP contribution in [-0.4, -0.2) is 10.7 Å². The largest absolute Gasteiger partial charge is 0.0925 e. The molecule has 0 nitrogen and oxygen atoms in total. The second-order valence-corrected chi connectivity index (χ2v) is 6.74. The van der Waals surface area contributed by atoms with E-state index in [-0.39, 0.29) is 0 Å². The minimum Gasteiger partial charge on any atom is -0.0925 e. The molecule has 2 heteroatoms. The zero-order valence-corrected chi connectivity index (χ0v) is 11.6. The van der Waals surface area contributed by atoms with Crippen LogP contribution < -0.4 is 0 Å². The van der Waals surface area contributed by atoms with Gasteiger partial charge in [0, 0.05) is 10.7 Å². The van der Waals surface area contributed by atoms with Gasteiger partial charge in [-0.2, -0.15) is 0 Å². The second kappa shape index (κ2) is 3.76. The van der Waals surface area contributed by atoms with Gasteiger partial charge in [0.05, 0.1) is 0 Å². The Morgan fingerprint density at radius 2 is 0.929 bits per heavy atom. The van der Waals surface area contributed by atoms with Crippen LogP contribution in [0.15, 0.2) is 0 Å². The van der Waals surface area contributed by atoms with E-state index in [9.17, 15) is 0 Å². The molecule has 0 radical (unpaired) electrons. The summed E-state index contributed by atoms with van der Waals surface area (Å²) in [5.74, 6) is 6.52. The van der Waals surface area contributed by atoms with Gasteiger partial charge >= 0.3 is 0 Å². The van der Waals surface area contributed by atoms with Crippen LogP contribution in [0.4, 0.5) is 0 Å². The van der Waals surface area contributed by atoms with Crippen molar-refractivity contribution >= 4 is 31.9 Å². The maximum absolute atomic E-state index is 3.66. The number of hydrogen-bond acceptors (Lipinski definition) is 0. The SMILES string of the molecule is BrCC1[C@H]2CC[C@H]3C(CBr)[C@H]3CC[C@@H]12. The predicted octanol–water partition coefficient (Wildman–Crippen LogP) is 4.07. The highest BCUT2D eigenvalue weighted by molar-refractivity contribution is 9.09. The molecule has 0 saturated heterocycles. The summed E-state index contributed by atoms with van der Waals surface area (Å²) in [5, 5.41) is 2.53. The average molecular weight is 322 g/mol. The van der Waals surface area contributed by atoms with Crippen LogP contribution in [0, 0.1) is 35.5 Å². The van der Waals surface area contributed by atoms with Crippen molar-refractivity contribution in [2.24, 2.45) is 35.5 Å². The standard InChI is InChI=1S/C12H18Br2/c13-5-11-7-1-2-8-10(12(8)6-14)4-3-9(7)11/h7-12H,1-6H2/t7-,8+,9+,10-,11?,12?. The van der Waals surface area contributed by atoms with Crippen molar-refractivity contribution in [1.29, 1.82) is 0 Å². The minimum absolute atomic E-state index is 1.05. The van der Waals surface area contributed by atoms with Crippen molar-refractivity contribution in [3.63, 3.8) is 0 Å². The molecule has 0 amide bonds. The average Bonchev–Trinajstić information content (AvgIpc) is 3.01. The molecule has 0 spiro atoms. The predicted molar refractivity (Wildman–Crippen MR) is 67.0 cm³/mol. The molecule has 2 unspecified atom stereocenters. The van der Waals surface area contributed by atoms with Crippen LogP contribution in [0.1, 0.15) is 25.7 Å². The van der Waals surface area contributed by atoms with Gasteiger partial charge in [-0.1, -0.05) is 31.9 Å². The Kier molecular flexibility index (Phi) is 2.72. The number of fused-ring (bicyclic) bond motifs is 2. The fourth-order valence-corrected chi connectivity index (χ4v) is 5.91. The van der Waals surface area contributed by atoms with E-state index < -0.39 is 0 Å². The third-order valence-electron chi connectivity index (χ3n) is 5.04. The number of rotatable bonds is 2. The van der Waals surface area contributed by atoms with E-state index in [0.717, 1.165) is 35.5 Å². The molecular formula is C12H18Br2. The fourth-order valence-electron chi connectivity index (χ4n) is 3.99. The summed E-state index contributed by atoms with van der Waals surface area (Å²) in [5.41, 5.74) is 0. The summed E-state index contributed by atoms with van der Waals surface area (Å²) in [6.07, 6.45) is 6.13. The van der Waals surface area contributed by atoms with Gasteiger partial charge in [0.2, 0.25) is 0 Å². The topological polar surface area (TPSA) is 0 Å². The van der Waals surface area contributed by atoms with E-state index in [1.807, 2.05) is 0 Å². The van der Waals surface area contributed by atoms with Crippen molar-refractivity contribution in [2.45, 2.75) is 25.7 Å². The van der Waals surface area contributed by atoms with E-state index in [1.165, 1.54) is 36.3 Å². The minimum atomic E-state index is 1.05. The molecule has 0 bridgehead atoms. The van der Waals surface area contributed by atoms with Crippen LogP contribution >= 0.6 is 31.9 Å². The van der Waals surface area contributed by atoms with E-state index in [1.54, 1.807) is 0 Å². The first kappa shape index (κ1) is 10.1. The second-order valence-electron chi connectivity index (χ2n) is 5.45. The summed E-state index contributed by atoms with van der Waals surface area (Å²) < 4.78 is 0. The van der Waals surface area contributed by atoms with Gasteiger partial charge in [0.15, 0.2) is 0 Å². The molecule has 14 heavy (non-hydrogen) atoms. The Morgan fingerprint density at radius 3 is 1.14 bits per heavy atom. The Balaban J connectivity index is 1.59. The Hall–Kier alpha value is 0.960. The monoisotopic (exact) mass is 320 g/mol. The van der Waals surface area contributed by atoms with E-state index in [4.69, 9.17) is 0 Å². The van der Waals surface area contributed by atoms with Gasteiger partial charge in [-0.3, -0.25) is 0 Å². The maximum Gasteiger partial charge on any atom is 0.00651 e. The Bertz CT molecular complexity index is 184. The third kappa shape index (κ3) is 1.52. The lowest BCUT2D eigenvalue weighted by molar-refractivity contribution is 0.468. The molecule has 80 valence electrons. The summed E-state index contributed by atoms with van der Waals surface area (Å²) in [6, 6.07) is 0. The molecule has 0 aromatic heterocycles. The summed E-state index contributed by atoms with van der Waals surface area (Å²) in [6.45, 7) is 0. The molecule has 3 rings (SSSR count). The normalized spacial score (nSPS) is 55.3. The highest BCUT2D eigenvalue weighted by Gasteiger charge is 2.55. The van der Waals surface area contributed by atoms with Gasteiger partial charge in [0.1, 0.15) is 0 Å². The summed E-state index contributed by atoms with van der Waals surface area (Å²) >= 11 is 7.32. The van der Waals surface area contributed by atoms with Gasteiger partial charge < -0.3 is 0 Å². The summed E-state index contributed by atoms with van der Waals surface area (Å²) in [7, 11) is 0. The lowest BCUT2D eigenvalue weighted by atomic mass is 10.0. The van der Waals surface area contributed by atoms with E-state index >= 15 is 0 Å². The molecule has 0 aliphatic heterocycles. The maximum atomic E-state index is 3.66. The van der Waals surface area contributed by atoms with Gasteiger partial charge in [0.25, 0.3) is 0 Å². The van der Waals surface area contributed by atoms with E-state index in [2.05, 4.69) is 31.9 Å². The smallest absolute Gasteiger partial charge is 0.00651 e. The first-order valence-electron chi connectivity index (χ1n) is 5.98. The first-order chi connectivity index (χ1) is 6.86. The molecule has 0 N–H and O–H groups in total. The van der Waals surface area contributed by atoms with Crippen LogP contribution in [0.5, 0.6) is 0 Å². The fraction of sp³-hybridized carbons (Fsp3) is 1.00. The number of halogens is 2.